The molecular formula is C52H54IrN2SSi-2. The summed E-state index contributed by atoms with van der Waals surface area (Å²) in [5, 5.41) is 4.18. The molecule has 4 saturated carbocycles. The van der Waals surface area contributed by atoms with Gasteiger partial charge in [0.1, 0.15) is 0 Å². The van der Waals surface area contributed by atoms with Gasteiger partial charge in [-0.2, -0.15) is 11.3 Å². The van der Waals surface area contributed by atoms with Gasteiger partial charge in [0.15, 0.2) is 0 Å². The molecule has 3 aromatic heterocycles. The molecule has 11 rings (SSSR count). The topological polar surface area (TPSA) is 25.8 Å². The quantitative estimate of drug-likeness (QED) is 0.118. The summed E-state index contributed by atoms with van der Waals surface area (Å²) < 4.78 is 2.62. The van der Waals surface area contributed by atoms with Gasteiger partial charge >= 0.3 is 0 Å². The van der Waals surface area contributed by atoms with Gasteiger partial charge in [0, 0.05) is 37.2 Å². The number of hydrogen-bond donors (Lipinski definition) is 0. The van der Waals surface area contributed by atoms with Gasteiger partial charge in [-0.15, -0.1) is 59.7 Å². The van der Waals surface area contributed by atoms with Crippen molar-refractivity contribution in [1.29, 1.82) is 0 Å². The fraction of sp³-hybridized carbons (Fsp3) is 0.346. The Kier molecular flexibility index (Phi) is 12.4. The number of nitrogens with zero attached hydrogens (tertiary/aromatic N) is 2. The molecule has 5 heteroatoms. The predicted octanol–water partition coefficient (Wildman–Crippen LogP) is 14.1. The van der Waals surface area contributed by atoms with E-state index >= 15 is 0 Å². The van der Waals surface area contributed by atoms with Gasteiger partial charge in [0.05, 0.1) is 8.07 Å². The van der Waals surface area contributed by atoms with Crippen LogP contribution in [0.1, 0.15) is 81.3 Å². The maximum Gasteiger partial charge on any atom is 0.0798 e. The van der Waals surface area contributed by atoms with Crippen molar-refractivity contribution < 1.29 is 20.1 Å². The molecule has 4 aliphatic rings. The minimum absolute atomic E-state index is 0. The van der Waals surface area contributed by atoms with Gasteiger partial charge in [-0.25, -0.2) is 0 Å². The summed E-state index contributed by atoms with van der Waals surface area (Å²) in [5.74, 6) is 3.39. The molecular weight excluding hydrogens is 905 g/mol. The van der Waals surface area contributed by atoms with Crippen molar-refractivity contribution in [3.8, 4) is 33.6 Å². The summed E-state index contributed by atoms with van der Waals surface area (Å²) in [6, 6.07) is 43.8. The van der Waals surface area contributed by atoms with Crippen LogP contribution in [0, 0.1) is 29.9 Å². The van der Waals surface area contributed by atoms with Crippen LogP contribution in [0.4, 0.5) is 0 Å². The van der Waals surface area contributed by atoms with Crippen LogP contribution >= 0.6 is 11.3 Å². The van der Waals surface area contributed by atoms with E-state index in [1.165, 1.54) is 107 Å². The minimum atomic E-state index is -1.36. The summed E-state index contributed by atoms with van der Waals surface area (Å²) in [7, 11) is -1.36. The first-order chi connectivity index (χ1) is 27.4. The van der Waals surface area contributed by atoms with Gasteiger partial charge in [-0.05, 0) is 105 Å². The largest absolute Gasteiger partial charge is 0.305 e. The van der Waals surface area contributed by atoms with Crippen molar-refractivity contribution in [3.63, 3.8) is 0 Å². The smallest absolute Gasteiger partial charge is 0.0798 e. The molecule has 57 heavy (non-hydrogen) atoms. The molecule has 0 amide bonds. The number of benzene rings is 4. The van der Waals surface area contributed by atoms with Crippen LogP contribution in [-0.2, 0) is 26.5 Å². The van der Waals surface area contributed by atoms with Crippen molar-refractivity contribution in [2.45, 2.75) is 96.2 Å². The Morgan fingerprint density at radius 3 is 2.25 bits per heavy atom. The Balaban J connectivity index is 0.000000168. The van der Waals surface area contributed by atoms with Gasteiger partial charge in [-0.1, -0.05) is 130 Å². The van der Waals surface area contributed by atoms with Crippen molar-refractivity contribution in [1.82, 2.24) is 9.97 Å². The van der Waals surface area contributed by atoms with E-state index in [2.05, 4.69) is 129 Å². The summed E-state index contributed by atoms with van der Waals surface area (Å²) in [6.07, 6.45) is 19.6. The molecule has 1 unspecified atom stereocenters. The second-order valence-corrected chi connectivity index (χ2v) is 23.9. The number of hydrogen-bond acceptors (Lipinski definition) is 3. The average Bonchev–Trinajstić information content (AvgIpc) is 3.63. The molecule has 1 atom stereocenters. The Hall–Kier alpha value is -3.73. The minimum Gasteiger partial charge on any atom is -0.305 e. The number of thiophene rings is 1. The normalized spacial score (nSPS) is 19.5. The maximum atomic E-state index is 4.83. The van der Waals surface area contributed by atoms with Crippen molar-refractivity contribution >= 4 is 44.8 Å². The van der Waals surface area contributed by atoms with Gasteiger partial charge < -0.3 is 9.97 Å². The molecule has 2 nitrogen and oxygen atoms in total. The van der Waals surface area contributed by atoms with Crippen LogP contribution in [0.25, 0.3) is 53.8 Å². The first-order valence-corrected chi connectivity index (χ1v) is 25.5. The standard InChI is InChI=1S/C31H26NS.C21H28NSi.Ir/c1-2-5-21(6-3-1)23-13-14-30-28(18-23)25-7-4-8-26(31(25)33-30)29-19-24(15-16-32-29)27-17-20-9-11-22(27)12-10-20;1-23(2,3)21-16-22-20(18-12-8-5-9-13-18)15-19(21)14-17-10-6-4-7-11-17;/h1-7,13-16,18-20,22,27H,9-12,17H2;5,8-9,12,15-17H,4,6-7,10-11,14H2,1-3H3;/q2*-1;. The Labute approximate surface area is 359 Å². The predicted molar refractivity (Wildman–Crippen MR) is 241 cm³/mol. The molecule has 1 radical (unpaired) electrons. The number of fused-ring (bicyclic) bond motifs is 6. The van der Waals surface area contributed by atoms with Crippen LogP contribution in [0.3, 0.4) is 0 Å². The van der Waals surface area contributed by atoms with E-state index in [-0.39, 0.29) is 20.1 Å². The van der Waals surface area contributed by atoms with Crippen molar-refractivity contribution in [2.75, 3.05) is 0 Å². The summed E-state index contributed by atoms with van der Waals surface area (Å²) >= 11 is 1.87. The zero-order valence-corrected chi connectivity index (χ0v) is 37.9. The molecule has 3 heterocycles. The van der Waals surface area contributed by atoms with Crippen LogP contribution in [0.5, 0.6) is 0 Å². The Morgan fingerprint density at radius 2 is 1.51 bits per heavy atom. The van der Waals surface area contributed by atoms with Gasteiger partial charge in [0.25, 0.3) is 0 Å². The summed E-state index contributed by atoms with van der Waals surface area (Å²) in [4.78, 5) is 9.60. The fourth-order valence-electron chi connectivity index (χ4n) is 10.1. The third kappa shape index (κ3) is 8.83. The third-order valence-electron chi connectivity index (χ3n) is 13.1. The number of pyridine rings is 2. The van der Waals surface area contributed by atoms with Crippen LogP contribution < -0.4 is 5.19 Å². The summed E-state index contributed by atoms with van der Waals surface area (Å²) in [6.45, 7) is 7.30. The average molecular weight is 959 g/mol. The molecule has 293 valence electrons. The Morgan fingerprint density at radius 1 is 0.702 bits per heavy atom. The third-order valence-corrected chi connectivity index (χ3v) is 16.3. The molecule has 0 aliphatic heterocycles. The molecule has 2 bridgehead atoms. The molecule has 4 aromatic carbocycles. The first kappa shape index (κ1) is 40.1. The van der Waals surface area contributed by atoms with E-state index in [0.717, 1.165) is 40.3 Å². The molecule has 0 saturated heterocycles. The zero-order valence-electron chi connectivity index (χ0n) is 33.7. The molecule has 7 aromatic rings. The SMILES string of the molecule is C[Si](C)(C)c1cnc(-c2[c-]cccc2)cc1CC1CCCCC1.[Ir].[c-]1ccc2c(sc3ccc(-c4ccccc4)cc32)c1-c1cc(C2CC3CCC2CC3)ccn1. The van der Waals surface area contributed by atoms with Crippen LogP contribution in [0.2, 0.25) is 19.6 Å². The van der Waals surface area contributed by atoms with E-state index in [4.69, 9.17) is 9.97 Å². The molecule has 0 spiro atoms. The number of rotatable bonds is 7. The van der Waals surface area contributed by atoms with E-state index in [1.54, 1.807) is 10.8 Å². The van der Waals surface area contributed by atoms with Gasteiger partial charge in [-0.3, -0.25) is 0 Å². The maximum absolute atomic E-state index is 4.83. The van der Waals surface area contributed by atoms with Crippen molar-refractivity contribution in [2.24, 2.45) is 17.8 Å². The van der Waals surface area contributed by atoms with E-state index < -0.39 is 8.07 Å². The fourth-order valence-corrected chi connectivity index (χ4v) is 12.9. The molecule has 4 aliphatic carbocycles. The van der Waals surface area contributed by atoms with Crippen LogP contribution in [0.15, 0.2) is 116 Å². The van der Waals surface area contributed by atoms with Crippen LogP contribution in [-0.4, -0.2) is 18.0 Å². The molecule has 4 fully saturated rings. The van der Waals surface area contributed by atoms with Crippen molar-refractivity contribution in [3.05, 3.63) is 139 Å². The number of aromatic nitrogens is 2. The van der Waals surface area contributed by atoms with Gasteiger partial charge in [0.2, 0.25) is 0 Å². The monoisotopic (exact) mass is 959 g/mol. The second kappa shape index (κ2) is 17.6. The Bertz CT molecular complexity index is 2420. The molecule has 0 N–H and O–H groups in total. The van der Waals surface area contributed by atoms with E-state index in [9.17, 15) is 0 Å². The summed E-state index contributed by atoms with van der Waals surface area (Å²) in [5.41, 5.74) is 10.00. The second-order valence-electron chi connectivity index (χ2n) is 17.8. The zero-order chi connectivity index (χ0) is 38.1. The first-order valence-electron chi connectivity index (χ1n) is 21.2. The van der Waals surface area contributed by atoms with E-state index in [1.807, 2.05) is 29.7 Å². The van der Waals surface area contributed by atoms with E-state index in [0.29, 0.717) is 5.92 Å².